The van der Waals surface area contributed by atoms with Crippen molar-refractivity contribution in [1.29, 1.82) is 0 Å². The first-order valence-electron chi connectivity index (χ1n) is 7.30. The number of nitrogens with two attached hydrogens (primary N) is 1. The lowest BCUT2D eigenvalue weighted by Crippen LogP contribution is -2.59. The minimum absolute atomic E-state index is 0.0903. The summed E-state index contributed by atoms with van der Waals surface area (Å²) in [6.45, 7) is 3.61. The zero-order chi connectivity index (χ0) is 14.0. The highest BCUT2D eigenvalue weighted by Crippen LogP contribution is 2.47. The molecule has 2 fully saturated rings. The van der Waals surface area contributed by atoms with Crippen molar-refractivity contribution in [2.45, 2.75) is 37.3 Å². The molecule has 1 saturated heterocycles. The topological polar surface area (TPSA) is 50.5 Å². The number of thiophene rings is 1. The molecule has 112 valence electrons. The summed E-state index contributed by atoms with van der Waals surface area (Å²) in [7, 11) is 0. The first kappa shape index (κ1) is 14.8. The highest BCUT2D eigenvalue weighted by molar-refractivity contribution is 7.10. The van der Waals surface area contributed by atoms with E-state index in [9.17, 15) is 0 Å². The van der Waals surface area contributed by atoms with Gasteiger partial charge in [-0.2, -0.15) is 0 Å². The van der Waals surface area contributed by atoms with Crippen LogP contribution in [0.4, 0.5) is 0 Å². The fourth-order valence-electron chi connectivity index (χ4n) is 3.77. The van der Waals surface area contributed by atoms with Crippen LogP contribution in [0.1, 0.15) is 36.6 Å². The van der Waals surface area contributed by atoms with Crippen LogP contribution in [-0.4, -0.2) is 36.7 Å². The molecule has 1 unspecified atom stereocenters. The molecule has 0 amide bonds. The van der Waals surface area contributed by atoms with Crippen LogP contribution >= 0.6 is 22.9 Å². The lowest BCUT2D eigenvalue weighted by atomic mass is 9.85. The second kappa shape index (κ2) is 6.30. The van der Waals surface area contributed by atoms with E-state index >= 15 is 0 Å². The van der Waals surface area contributed by atoms with Gasteiger partial charge < -0.3 is 4.74 Å². The van der Waals surface area contributed by atoms with Crippen molar-refractivity contribution in [3.63, 3.8) is 0 Å². The van der Waals surface area contributed by atoms with Crippen molar-refractivity contribution >= 4 is 22.9 Å². The monoisotopic (exact) mass is 315 g/mol. The average Bonchev–Trinajstić information content (AvgIpc) is 3.12. The summed E-state index contributed by atoms with van der Waals surface area (Å²) in [5, 5.41) is 2.88. The van der Waals surface area contributed by atoms with E-state index < -0.39 is 0 Å². The van der Waals surface area contributed by atoms with Gasteiger partial charge in [0.25, 0.3) is 0 Å². The van der Waals surface area contributed by atoms with Gasteiger partial charge >= 0.3 is 0 Å². The van der Waals surface area contributed by atoms with E-state index in [1.54, 1.807) is 11.3 Å². The number of hydrogen-bond acceptors (Lipinski definition) is 5. The van der Waals surface area contributed by atoms with Crippen molar-refractivity contribution in [2.75, 3.05) is 26.3 Å². The summed E-state index contributed by atoms with van der Waals surface area (Å²) in [4.78, 5) is 3.74. The molecule has 0 aromatic carbocycles. The van der Waals surface area contributed by atoms with Gasteiger partial charge in [0.05, 0.1) is 24.3 Å². The van der Waals surface area contributed by atoms with E-state index in [1.807, 2.05) is 11.4 Å². The smallest absolute Gasteiger partial charge is 0.0751 e. The van der Waals surface area contributed by atoms with Gasteiger partial charge in [-0.15, -0.1) is 11.3 Å². The van der Waals surface area contributed by atoms with Crippen LogP contribution in [0.3, 0.4) is 0 Å². The number of nitrogens with zero attached hydrogens (tertiary/aromatic N) is 1. The highest BCUT2D eigenvalue weighted by atomic mass is 35.5. The predicted octanol–water partition coefficient (Wildman–Crippen LogP) is 2.55. The molecule has 3 N–H and O–H groups in total. The molecule has 2 aliphatic rings. The van der Waals surface area contributed by atoms with Crippen molar-refractivity contribution in [3.8, 4) is 0 Å². The zero-order valence-corrected chi connectivity index (χ0v) is 13.2. The molecule has 6 heteroatoms. The van der Waals surface area contributed by atoms with Crippen LogP contribution in [-0.2, 0) is 4.74 Å². The zero-order valence-electron chi connectivity index (χ0n) is 11.6. The summed E-state index contributed by atoms with van der Waals surface area (Å²) < 4.78 is 5.52. The Labute approximate surface area is 129 Å². The Morgan fingerprint density at radius 1 is 1.35 bits per heavy atom. The molecule has 20 heavy (non-hydrogen) atoms. The first-order chi connectivity index (χ1) is 9.78. The standard InChI is InChI=1S/C14H22ClN3OS/c15-11-3-10-20-12(11)13(17-16)14(4-1-2-5-14)18-6-8-19-9-7-18/h3,10,13,17H,1-2,4-9,16H2. The number of ether oxygens (including phenoxy) is 1. The van der Waals surface area contributed by atoms with Crippen LogP contribution < -0.4 is 11.3 Å². The number of hydrazine groups is 1. The van der Waals surface area contributed by atoms with Crippen molar-refractivity contribution in [2.24, 2.45) is 5.84 Å². The Balaban J connectivity index is 1.93. The maximum absolute atomic E-state index is 6.36. The van der Waals surface area contributed by atoms with Crippen LogP contribution in [0, 0.1) is 0 Å². The first-order valence-corrected chi connectivity index (χ1v) is 8.55. The van der Waals surface area contributed by atoms with Gasteiger partial charge in [-0.25, -0.2) is 0 Å². The summed E-state index contributed by atoms with van der Waals surface area (Å²) in [5.74, 6) is 5.94. The fourth-order valence-corrected chi connectivity index (χ4v) is 5.10. The summed E-state index contributed by atoms with van der Waals surface area (Å²) >= 11 is 8.06. The third kappa shape index (κ3) is 2.51. The van der Waals surface area contributed by atoms with Crippen LogP contribution in [0.15, 0.2) is 11.4 Å². The van der Waals surface area contributed by atoms with Crippen LogP contribution in [0.25, 0.3) is 0 Å². The molecule has 0 bridgehead atoms. The maximum Gasteiger partial charge on any atom is 0.0751 e. The van der Waals surface area contributed by atoms with Crippen molar-refractivity contribution < 1.29 is 4.74 Å². The molecule has 2 heterocycles. The van der Waals surface area contributed by atoms with Crippen LogP contribution in [0.2, 0.25) is 5.02 Å². The van der Waals surface area contributed by atoms with Gasteiger partial charge in [-0.05, 0) is 24.3 Å². The maximum atomic E-state index is 6.36. The average molecular weight is 316 g/mol. The molecule has 4 nitrogen and oxygen atoms in total. The molecule has 1 aliphatic heterocycles. The van der Waals surface area contributed by atoms with Gasteiger partial charge in [0.2, 0.25) is 0 Å². The van der Waals surface area contributed by atoms with E-state index in [4.69, 9.17) is 22.2 Å². The SMILES string of the molecule is NNC(c1sccc1Cl)C1(N2CCOCC2)CCCC1. The largest absolute Gasteiger partial charge is 0.379 e. The lowest BCUT2D eigenvalue weighted by Gasteiger charge is -2.47. The normalized spacial score (nSPS) is 24.9. The number of morpholine rings is 1. The molecule has 1 aromatic rings. The van der Waals surface area contributed by atoms with Crippen LogP contribution in [0.5, 0.6) is 0 Å². The van der Waals surface area contributed by atoms with E-state index in [0.29, 0.717) is 0 Å². The number of hydrogen-bond donors (Lipinski definition) is 2. The minimum Gasteiger partial charge on any atom is -0.379 e. The summed E-state index contributed by atoms with van der Waals surface area (Å²) in [5.41, 5.74) is 3.16. The summed E-state index contributed by atoms with van der Waals surface area (Å²) in [6.07, 6.45) is 4.88. The molecule has 1 aromatic heterocycles. The molecular formula is C14H22ClN3OS. The van der Waals surface area contributed by atoms with Crippen molar-refractivity contribution in [3.05, 3.63) is 21.3 Å². The molecular weight excluding hydrogens is 294 g/mol. The van der Waals surface area contributed by atoms with E-state index in [-0.39, 0.29) is 11.6 Å². The summed E-state index contributed by atoms with van der Waals surface area (Å²) in [6, 6.07) is 2.07. The Morgan fingerprint density at radius 2 is 2.05 bits per heavy atom. The predicted molar refractivity (Wildman–Crippen MR) is 83.0 cm³/mol. The van der Waals surface area contributed by atoms with Crippen molar-refractivity contribution in [1.82, 2.24) is 10.3 Å². The molecule has 1 saturated carbocycles. The van der Waals surface area contributed by atoms with Gasteiger partial charge in [0, 0.05) is 23.5 Å². The third-order valence-electron chi connectivity index (χ3n) is 4.72. The van der Waals surface area contributed by atoms with E-state index in [0.717, 1.165) is 31.3 Å². The van der Waals surface area contributed by atoms with Gasteiger partial charge in [0.1, 0.15) is 0 Å². The third-order valence-corrected chi connectivity index (χ3v) is 6.14. The second-order valence-electron chi connectivity index (χ2n) is 5.64. The molecule has 0 spiro atoms. The molecule has 0 radical (unpaired) electrons. The van der Waals surface area contributed by atoms with Gasteiger partial charge in [-0.1, -0.05) is 24.4 Å². The lowest BCUT2D eigenvalue weighted by molar-refractivity contribution is -0.0359. The quantitative estimate of drug-likeness (QED) is 0.662. The second-order valence-corrected chi connectivity index (χ2v) is 7.00. The fraction of sp³-hybridized carbons (Fsp3) is 0.714. The van der Waals surface area contributed by atoms with E-state index in [2.05, 4.69) is 10.3 Å². The molecule has 3 rings (SSSR count). The Bertz CT molecular complexity index is 441. The number of nitrogens with one attached hydrogen (secondary N) is 1. The van der Waals surface area contributed by atoms with Gasteiger partial charge in [-0.3, -0.25) is 16.2 Å². The molecule has 1 aliphatic carbocycles. The molecule has 1 atom stereocenters. The Hall–Kier alpha value is -0.170. The van der Waals surface area contributed by atoms with E-state index in [1.165, 1.54) is 30.6 Å². The Morgan fingerprint density at radius 3 is 2.60 bits per heavy atom. The van der Waals surface area contributed by atoms with Gasteiger partial charge in [0.15, 0.2) is 0 Å². The number of rotatable bonds is 4. The number of halogens is 1. The Kier molecular flexibility index (Phi) is 4.65. The highest BCUT2D eigenvalue weighted by Gasteiger charge is 2.47. The minimum atomic E-state index is 0.0903.